The van der Waals surface area contributed by atoms with Crippen LogP contribution in [0.3, 0.4) is 0 Å². The normalized spacial score (nSPS) is 10.2. The number of carboxylic acids is 1. The summed E-state index contributed by atoms with van der Waals surface area (Å²) in [4.78, 5) is 24.7. The Hall–Kier alpha value is -2.38. The molecule has 0 amide bonds. The van der Waals surface area contributed by atoms with Crippen LogP contribution in [0.4, 0.5) is 5.69 Å². The summed E-state index contributed by atoms with van der Waals surface area (Å²) in [6, 6.07) is 4.74. The highest BCUT2D eigenvalue weighted by Crippen LogP contribution is 2.32. The van der Waals surface area contributed by atoms with E-state index in [0.717, 1.165) is 18.3 Å². The maximum Gasteiger partial charge on any atom is 0.337 e. The van der Waals surface area contributed by atoms with Gasteiger partial charge in [-0.15, -0.1) is 0 Å². The quantitative estimate of drug-likeness (QED) is 0.676. The summed E-state index contributed by atoms with van der Waals surface area (Å²) >= 11 is 11.5. The number of aromatic nitrogens is 1. The summed E-state index contributed by atoms with van der Waals surface area (Å²) in [6.45, 7) is 0. The second kappa shape index (κ2) is 5.94. The van der Waals surface area contributed by atoms with Crippen molar-refractivity contribution in [2.75, 3.05) is 0 Å². The lowest BCUT2D eigenvalue weighted by molar-refractivity contribution is -0.384. The van der Waals surface area contributed by atoms with Gasteiger partial charge in [0, 0.05) is 18.2 Å². The number of ether oxygens (including phenoxy) is 1. The Bertz CT molecular complexity index is 736. The fraction of sp³-hybridized carbons (Fsp3) is 0. The Balaban J connectivity index is 2.32. The van der Waals surface area contributed by atoms with Gasteiger partial charge < -0.3 is 9.84 Å². The van der Waals surface area contributed by atoms with Crippen molar-refractivity contribution < 1.29 is 19.6 Å². The van der Waals surface area contributed by atoms with Crippen LogP contribution in [-0.4, -0.2) is 21.0 Å². The van der Waals surface area contributed by atoms with Crippen molar-refractivity contribution >= 4 is 34.9 Å². The first-order valence-corrected chi connectivity index (χ1v) is 6.14. The van der Waals surface area contributed by atoms with Gasteiger partial charge in [0.05, 0.1) is 26.7 Å². The Labute approximate surface area is 127 Å². The summed E-state index contributed by atoms with van der Waals surface area (Å²) in [7, 11) is 0. The number of halogens is 2. The number of benzene rings is 1. The minimum Gasteiger partial charge on any atom is -0.478 e. The third-order valence-electron chi connectivity index (χ3n) is 2.40. The van der Waals surface area contributed by atoms with Gasteiger partial charge in [-0.2, -0.15) is 0 Å². The van der Waals surface area contributed by atoms with Crippen LogP contribution in [0.5, 0.6) is 11.6 Å². The number of rotatable bonds is 4. The number of hydrogen-bond acceptors (Lipinski definition) is 5. The molecule has 2 rings (SSSR count). The molecule has 1 aromatic heterocycles. The zero-order chi connectivity index (χ0) is 15.6. The molecule has 2 aromatic rings. The van der Waals surface area contributed by atoms with Crippen LogP contribution in [0, 0.1) is 10.1 Å². The number of carboxylic acid groups (broad SMARTS) is 1. The molecule has 0 saturated carbocycles. The molecule has 0 bridgehead atoms. The molecule has 1 N–H and O–H groups in total. The third-order valence-corrected chi connectivity index (χ3v) is 3.00. The second-order valence-electron chi connectivity index (χ2n) is 3.78. The van der Waals surface area contributed by atoms with Crippen LogP contribution in [0.2, 0.25) is 10.0 Å². The minimum absolute atomic E-state index is 0.00201. The van der Waals surface area contributed by atoms with Crippen molar-refractivity contribution in [3.8, 4) is 11.6 Å². The van der Waals surface area contributed by atoms with Gasteiger partial charge in [-0.3, -0.25) is 10.1 Å². The Morgan fingerprint density at radius 2 is 2.00 bits per heavy atom. The maximum absolute atomic E-state index is 10.9. The van der Waals surface area contributed by atoms with E-state index in [-0.39, 0.29) is 32.9 Å². The van der Waals surface area contributed by atoms with E-state index in [0.29, 0.717) is 0 Å². The lowest BCUT2D eigenvalue weighted by Gasteiger charge is -2.07. The van der Waals surface area contributed by atoms with Crippen molar-refractivity contribution in [1.82, 2.24) is 4.98 Å². The molecule has 0 saturated heterocycles. The number of pyridine rings is 1. The van der Waals surface area contributed by atoms with E-state index >= 15 is 0 Å². The maximum atomic E-state index is 10.9. The van der Waals surface area contributed by atoms with Crippen LogP contribution in [-0.2, 0) is 0 Å². The van der Waals surface area contributed by atoms with Gasteiger partial charge in [0.25, 0.3) is 5.69 Å². The number of aromatic carboxylic acids is 1. The fourth-order valence-electron chi connectivity index (χ4n) is 1.44. The average Bonchev–Trinajstić information content (AvgIpc) is 2.42. The van der Waals surface area contributed by atoms with E-state index in [9.17, 15) is 14.9 Å². The van der Waals surface area contributed by atoms with Crippen molar-refractivity contribution in [2.24, 2.45) is 0 Å². The molecule has 0 aliphatic carbocycles. The molecule has 0 atom stereocenters. The summed E-state index contributed by atoms with van der Waals surface area (Å²) in [6.07, 6.45) is 1.12. The monoisotopic (exact) mass is 328 g/mol. The molecule has 1 aromatic carbocycles. The SMILES string of the molecule is O=C(O)c1cc(Oc2ccc([N+](=O)[O-])cc2Cl)ncc1Cl. The van der Waals surface area contributed by atoms with Gasteiger partial charge in [0.15, 0.2) is 0 Å². The standard InChI is InChI=1S/C12H6Cl2N2O5/c13-8-3-6(16(19)20)1-2-10(8)21-11-4-7(12(17)18)9(14)5-15-11/h1-5H,(H,17,18). The third kappa shape index (κ3) is 3.39. The van der Waals surface area contributed by atoms with E-state index in [1.165, 1.54) is 12.1 Å². The number of carbonyl (C=O) groups is 1. The highest BCUT2D eigenvalue weighted by molar-refractivity contribution is 6.33. The van der Waals surface area contributed by atoms with E-state index in [1.54, 1.807) is 0 Å². The van der Waals surface area contributed by atoms with Gasteiger partial charge >= 0.3 is 5.97 Å². The summed E-state index contributed by atoms with van der Waals surface area (Å²) in [5.41, 5.74) is -0.373. The molecule has 108 valence electrons. The van der Waals surface area contributed by atoms with Gasteiger partial charge in [-0.25, -0.2) is 9.78 Å². The minimum atomic E-state index is -1.23. The van der Waals surface area contributed by atoms with Crippen LogP contribution in [0.15, 0.2) is 30.5 Å². The van der Waals surface area contributed by atoms with Crippen LogP contribution < -0.4 is 4.74 Å². The molecule has 21 heavy (non-hydrogen) atoms. The van der Waals surface area contributed by atoms with Crippen LogP contribution >= 0.6 is 23.2 Å². The molecular formula is C12H6Cl2N2O5. The van der Waals surface area contributed by atoms with Crippen molar-refractivity contribution in [3.63, 3.8) is 0 Å². The van der Waals surface area contributed by atoms with Crippen LogP contribution in [0.25, 0.3) is 0 Å². The number of nitro benzene ring substituents is 1. The molecule has 0 spiro atoms. The number of hydrogen-bond donors (Lipinski definition) is 1. The van der Waals surface area contributed by atoms with Crippen molar-refractivity contribution in [2.45, 2.75) is 0 Å². The topological polar surface area (TPSA) is 103 Å². The smallest absolute Gasteiger partial charge is 0.337 e. The van der Waals surface area contributed by atoms with Gasteiger partial charge in [-0.05, 0) is 6.07 Å². The van der Waals surface area contributed by atoms with Gasteiger partial charge in [0.2, 0.25) is 5.88 Å². The van der Waals surface area contributed by atoms with Gasteiger partial charge in [-0.1, -0.05) is 23.2 Å². The summed E-state index contributed by atoms with van der Waals surface area (Å²) in [5, 5.41) is 19.5. The Morgan fingerprint density at radius 1 is 1.29 bits per heavy atom. The van der Waals surface area contributed by atoms with Crippen molar-refractivity contribution in [1.29, 1.82) is 0 Å². The van der Waals surface area contributed by atoms with E-state index in [1.807, 2.05) is 0 Å². The molecule has 1 heterocycles. The largest absolute Gasteiger partial charge is 0.478 e. The predicted octanol–water partition coefficient (Wildman–Crippen LogP) is 3.79. The predicted molar refractivity (Wildman–Crippen MR) is 74.4 cm³/mol. The molecule has 9 heteroatoms. The molecule has 7 nitrogen and oxygen atoms in total. The molecule has 0 aliphatic heterocycles. The highest BCUT2D eigenvalue weighted by atomic mass is 35.5. The lowest BCUT2D eigenvalue weighted by atomic mass is 10.2. The zero-order valence-corrected chi connectivity index (χ0v) is 11.6. The van der Waals surface area contributed by atoms with E-state index < -0.39 is 10.9 Å². The van der Waals surface area contributed by atoms with Crippen molar-refractivity contribution in [3.05, 3.63) is 56.2 Å². The first-order valence-electron chi connectivity index (χ1n) is 5.39. The average molecular weight is 329 g/mol. The zero-order valence-electron chi connectivity index (χ0n) is 10.1. The fourth-order valence-corrected chi connectivity index (χ4v) is 1.84. The molecule has 0 radical (unpaired) electrons. The van der Waals surface area contributed by atoms with Crippen LogP contribution in [0.1, 0.15) is 10.4 Å². The van der Waals surface area contributed by atoms with E-state index in [4.69, 9.17) is 33.0 Å². The molecular weight excluding hydrogens is 323 g/mol. The van der Waals surface area contributed by atoms with Gasteiger partial charge in [0.1, 0.15) is 5.75 Å². The lowest BCUT2D eigenvalue weighted by Crippen LogP contribution is -1.99. The summed E-state index contributed by atoms with van der Waals surface area (Å²) in [5.74, 6) is -1.18. The molecule has 0 aliphatic rings. The summed E-state index contributed by atoms with van der Waals surface area (Å²) < 4.78 is 5.30. The first kappa shape index (κ1) is 15.0. The second-order valence-corrected chi connectivity index (χ2v) is 4.60. The number of nitro groups is 1. The Morgan fingerprint density at radius 3 is 2.57 bits per heavy atom. The number of nitrogens with zero attached hydrogens (tertiary/aromatic N) is 2. The first-order chi connectivity index (χ1) is 9.88. The molecule has 0 fully saturated rings. The Kier molecular flexibility index (Phi) is 4.25. The van der Waals surface area contributed by atoms with E-state index in [2.05, 4.69) is 4.98 Å². The highest BCUT2D eigenvalue weighted by Gasteiger charge is 2.14. The number of non-ortho nitro benzene ring substituents is 1. The molecule has 0 unspecified atom stereocenters.